The van der Waals surface area contributed by atoms with Crippen molar-refractivity contribution >= 4 is 0 Å². The van der Waals surface area contributed by atoms with Gasteiger partial charge in [0.25, 0.3) is 0 Å². The number of para-hydroxylation sites is 1. The minimum Gasteiger partial charge on any atom is -0.218 e. The number of benzene rings is 2. The topological polar surface area (TPSA) is 87.2 Å². The van der Waals surface area contributed by atoms with Crippen LogP contribution in [0.15, 0.2) is 60.7 Å². The minimum absolute atomic E-state index is 0.497. The Kier molecular flexibility index (Phi) is 3.32. The van der Waals surface area contributed by atoms with Crippen molar-refractivity contribution in [2.45, 2.75) is 6.54 Å². The lowest BCUT2D eigenvalue weighted by molar-refractivity contribution is 0.649. The van der Waals surface area contributed by atoms with Crippen molar-refractivity contribution in [1.82, 2.24) is 40.4 Å². The quantitative estimate of drug-likeness (QED) is 0.566. The number of aromatic nitrogens is 8. The maximum Gasteiger partial charge on any atom is 0.226 e. The van der Waals surface area contributed by atoms with Crippen LogP contribution in [0.2, 0.25) is 0 Å². The van der Waals surface area contributed by atoms with E-state index < -0.39 is 0 Å². The zero-order valence-corrected chi connectivity index (χ0v) is 12.1. The lowest BCUT2D eigenvalue weighted by Gasteiger charge is -2.05. The first kappa shape index (κ1) is 13.3. The van der Waals surface area contributed by atoms with Gasteiger partial charge < -0.3 is 0 Å². The van der Waals surface area contributed by atoms with E-state index in [1.807, 2.05) is 60.7 Å². The highest BCUT2D eigenvalue weighted by atomic mass is 15.6. The summed E-state index contributed by atoms with van der Waals surface area (Å²) in [5.74, 6) is 1.01. The molecule has 0 saturated carbocycles. The van der Waals surface area contributed by atoms with Gasteiger partial charge >= 0.3 is 0 Å². The molecular weight excluding hydrogens is 292 g/mol. The van der Waals surface area contributed by atoms with Crippen LogP contribution in [0.4, 0.5) is 0 Å². The molecule has 0 saturated heterocycles. The molecule has 8 heteroatoms. The molecule has 0 radical (unpaired) electrons. The molecule has 0 fully saturated rings. The second-order valence-corrected chi connectivity index (χ2v) is 4.90. The molecular formula is C15H12N8. The summed E-state index contributed by atoms with van der Waals surface area (Å²) in [6, 6.07) is 19.6. The zero-order valence-electron chi connectivity index (χ0n) is 12.1. The van der Waals surface area contributed by atoms with Crippen molar-refractivity contribution in [2.24, 2.45) is 0 Å². The summed E-state index contributed by atoms with van der Waals surface area (Å²) in [5.41, 5.74) is 1.95. The van der Waals surface area contributed by atoms with E-state index >= 15 is 0 Å². The molecule has 2 heterocycles. The summed E-state index contributed by atoms with van der Waals surface area (Å²) in [6.45, 7) is 0.546. The molecule has 0 aliphatic heterocycles. The Morgan fingerprint density at radius 3 is 2.13 bits per heavy atom. The van der Waals surface area contributed by atoms with Gasteiger partial charge in [0, 0.05) is 0 Å². The molecule has 0 N–H and O–H groups in total. The van der Waals surface area contributed by atoms with Crippen molar-refractivity contribution in [1.29, 1.82) is 0 Å². The molecule has 0 amide bonds. The van der Waals surface area contributed by atoms with Crippen LogP contribution in [-0.4, -0.2) is 40.4 Å². The fourth-order valence-corrected chi connectivity index (χ4v) is 2.30. The molecule has 0 unspecified atom stereocenters. The Balaban J connectivity index is 1.73. The lowest BCUT2D eigenvalue weighted by Crippen LogP contribution is -2.08. The third kappa shape index (κ3) is 2.57. The molecule has 0 atom stereocenters. The van der Waals surface area contributed by atoms with Gasteiger partial charge in [0.2, 0.25) is 11.6 Å². The molecule has 0 bridgehead atoms. The molecule has 4 rings (SSSR count). The van der Waals surface area contributed by atoms with Gasteiger partial charge in [-0.2, -0.15) is 4.68 Å². The normalized spacial score (nSPS) is 10.8. The minimum atomic E-state index is 0.497. The Morgan fingerprint density at radius 2 is 1.35 bits per heavy atom. The van der Waals surface area contributed by atoms with Crippen molar-refractivity contribution < 1.29 is 0 Å². The average Bonchev–Trinajstić information content (AvgIpc) is 3.25. The third-order valence-electron chi connectivity index (χ3n) is 3.38. The largest absolute Gasteiger partial charge is 0.226 e. The predicted molar refractivity (Wildman–Crippen MR) is 81.5 cm³/mol. The summed E-state index contributed by atoms with van der Waals surface area (Å²) < 4.78 is 3.30. The fraction of sp³-hybridized carbons (Fsp3) is 0.0667. The maximum absolute atomic E-state index is 4.08. The highest BCUT2D eigenvalue weighted by molar-refractivity contribution is 5.47. The highest BCUT2D eigenvalue weighted by Gasteiger charge is 2.18. The van der Waals surface area contributed by atoms with Gasteiger partial charge in [-0.15, -0.1) is 10.2 Å². The van der Waals surface area contributed by atoms with Gasteiger partial charge in [0.15, 0.2) is 0 Å². The third-order valence-corrected chi connectivity index (χ3v) is 3.38. The summed E-state index contributed by atoms with van der Waals surface area (Å²) in [5, 5.41) is 23.8. The summed E-state index contributed by atoms with van der Waals surface area (Å²) >= 11 is 0. The summed E-state index contributed by atoms with van der Waals surface area (Å²) in [4.78, 5) is 0. The second-order valence-electron chi connectivity index (χ2n) is 4.90. The molecule has 0 aliphatic rings. The van der Waals surface area contributed by atoms with E-state index in [0.29, 0.717) is 18.2 Å². The van der Waals surface area contributed by atoms with Crippen molar-refractivity contribution in [3.05, 3.63) is 66.2 Å². The first-order chi connectivity index (χ1) is 11.4. The average molecular weight is 304 g/mol. The molecule has 2 aromatic heterocycles. The first-order valence-corrected chi connectivity index (χ1v) is 7.06. The second kappa shape index (κ2) is 5.76. The monoisotopic (exact) mass is 304 g/mol. The van der Waals surface area contributed by atoms with Gasteiger partial charge in [-0.05, 0) is 38.5 Å². The number of rotatable bonds is 4. The van der Waals surface area contributed by atoms with Crippen LogP contribution in [0.3, 0.4) is 0 Å². The molecule has 4 aromatic rings. The molecule has 0 aliphatic carbocycles. The van der Waals surface area contributed by atoms with Crippen molar-refractivity contribution in [3.63, 3.8) is 0 Å². The molecule has 23 heavy (non-hydrogen) atoms. The van der Waals surface area contributed by atoms with Gasteiger partial charge in [-0.1, -0.05) is 48.5 Å². The maximum atomic E-state index is 4.08. The Labute approximate surface area is 131 Å². The van der Waals surface area contributed by atoms with Crippen LogP contribution < -0.4 is 0 Å². The van der Waals surface area contributed by atoms with Crippen molar-refractivity contribution in [3.8, 4) is 17.3 Å². The Morgan fingerprint density at radius 1 is 0.696 bits per heavy atom. The first-order valence-electron chi connectivity index (χ1n) is 7.06. The Hall–Kier alpha value is -3.42. The van der Waals surface area contributed by atoms with Crippen LogP contribution in [-0.2, 0) is 6.54 Å². The fourth-order valence-electron chi connectivity index (χ4n) is 2.30. The standard InChI is InChI=1S/C15H12N8/c1-3-7-12(8-4-1)11-22-14(16-18-20-22)15-17-19-21-23(15)13-9-5-2-6-10-13/h1-10H,11H2. The smallest absolute Gasteiger partial charge is 0.218 e. The van der Waals surface area contributed by atoms with Gasteiger partial charge in [0.1, 0.15) is 0 Å². The Bertz CT molecular complexity index is 897. The zero-order chi connectivity index (χ0) is 15.5. The number of hydrogen-bond acceptors (Lipinski definition) is 6. The number of tetrazole rings is 2. The summed E-state index contributed by atoms with van der Waals surface area (Å²) in [6.07, 6.45) is 0. The number of hydrogen-bond donors (Lipinski definition) is 0. The lowest BCUT2D eigenvalue weighted by atomic mass is 10.2. The van der Waals surface area contributed by atoms with E-state index in [0.717, 1.165) is 11.3 Å². The van der Waals surface area contributed by atoms with Gasteiger partial charge in [0.05, 0.1) is 12.2 Å². The van der Waals surface area contributed by atoms with Crippen LogP contribution in [0.1, 0.15) is 5.56 Å². The molecule has 0 spiro atoms. The van der Waals surface area contributed by atoms with E-state index in [9.17, 15) is 0 Å². The van der Waals surface area contributed by atoms with Gasteiger partial charge in [-0.3, -0.25) is 0 Å². The van der Waals surface area contributed by atoms with Crippen molar-refractivity contribution in [2.75, 3.05) is 0 Å². The van der Waals surface area contributed by atoms with E-state index in [-0.39, 0.29) is 0 Å². The van der Waals surface area contributed by atoms with E-state index in [4.69, 9.17) is 0 Å². The van der Waals surface area contributed by atoms with E-state index in [1.54, 1.807) is 9.36 Å². The highest BCUT2D eigenvalue weighted by Crippen LogP contribution is 2.17. The van der Waals surface area contributed by atoms with Crippen LogP contribution in [0, 0.1) is 0 Å². The van der Waals surface area contributed by atoms with E-state index in [2.05, 4.69) is 31.1 Å². The van der Waals surface area contributed by atoms with Crippen LogP contribution in [0.5, 0.6) is 0 Å². The molecule has 112 valence electrons. The van der Waals surface area contributed by atoms with Crippen LogP contribution >= 0.6 is 0 Å². The number of nitrogens with zero attached hydrogens (tertiary/aromatic N) is 8. The predicted octanol–water partition coefficient (Wildman–Crippen LogP) is 1.36. The summed E-state index contributed by atoms with van der Waals surface area (Å²) in [7, 11) is 0. The molecule has 2 aromatic carbocycles. The molecule has 8 nitrogen and oxygen atoms in total. The van der Waals surface area contributed by atoms with E-state index in [1.165, 1.54) is 0 Å². The van der Waals surface area contributed by atoms with Gasteiger partial charge in [-0.25, -0.2) is 4.68 Å². The SMILES string of the molecule is c1ccc(Cn2nnnc2-c2nnnn2-c2ccccc2)cc1. The van der Waals surface area contributed by atoms with Crippen LogP contribution in [0.25, 0.3) is 17.3 Å².